The summed E-state index contributed by atoms with van der Waals surface area (Å²) in [5.74, 6) is 3.14. The summed E-state index contributed by atoms with van der Waals surface area (Å²) >= 11 is 1.80. The van der Waals surface area contributed by atoms with Crippen LogP contribution < -0.4 is 10.1 Å². The molecule has 2 N–H and O–H groups in total. The second kappa shape index (κ2) is 8.99. The largest absolute Gasteiger partial charge is 0.475 e. The van der Waals surface area contributed by atoms with Crippen LogP contribution in [-0.4, -0.2) is 45.8 Å². The molecule has 0 unspecified atom stereocenters. The van der Waals surface area contributed by atoms with Gasteiger partial charge in [0.1, 0.15) is 0 Å². The number of aliphatic hydroxyl groups excluding tert-OH is 1. The Kier molecular flexibility index (Phi) is 7.52. The molecule has 18 heavy (non-hydrogen) atoms. The number of nitrogens with one attached hydrogen (secondary N) is 1. The van der Waals surface area contributed by atoms with Gasteiger partial charge in [-0.2, -0.15) is 16.7 Å². The molecule has 0 saturated heterocycles. The Morgan fingerprint density at radius 1 is 1.44 bits per heavy atom. The Balaban J connectivity index is 2.25. The molecule has 0 bridgehead atoms. The number of hydrogen-bond donors (Lipinski definition) is 2. The number of thioether (sulfide) groups is 1. The Morgan fingerprint density at radius 2 is 2.28 bits per heavy atom. The van der Waals surface area contributed by atoms with E-state index in [4.69, 9.17) is 9.84 Å². The summed E-state index contributed by atoms with van der Waals surface area (Å²) in [7, 11) is 0. The summed E-state index contributed by atoms with van der Waals surface area (Å²) in [6.07, 6.45) is 2.65. The fraction of sp³-hybridized carbons (Fsp3) is 0.667. The third-order valence-corrected chi connectivity index (χ3v) is 3.03. The van der Waals surface area contributed by atoms with Crippen molar-refractivity contribution < 1.29 is 9.84 Å². The standard InChI is InChI=1S/C12H21N3O2S/c1-10(2)17-11-4-5-13-12(15-11)14-6-9-18-8-3-7-16/h4-5,10,16H,3,6-9H2,1-2H3,(H,13,14,15). The van der Waals surface area contributed by atoms with E-state index in [1.54, 1.807) is 24.0 Å². The van der Waals surface area contributed by atoms with Gasteiger partial charge in [-0.25, -0.2) is 4.98 Å². The molecule has 0 amide bonds. The van der Waals surface area contributed by atoms with Crippen LogP contribution in [0, 0.1) is 0 Å². The van der Waals surface area contributed by atoms with Gasteiger partial charge < -0.3 is 15.2 Å². The molecule has 5 nitrogen and oxygen atoms in total. The lowest BCUT2D eigenvalue weighted by atomic mass is 10.5. The molecule has 0 aliphatic rings. The van der Waals surface area contributed by atoms with E-state index >= 15 is 0 Å². The van der Waals surface area contributed by atoms with Gasteiger partial charge in [0.05, 0.1) is 6.10 Å². The average Bonchev–Trinajstić information content (AvgIpc) is 2.33. The SMILES string of the molecule is CC(C)Oc1ccnc(NCCSCCCO)n1. The fourth-order valence-electron chi connectivity index (χ4n) is 1.24. The summed E-state index contributed by atoms with van der Waals surface area (Å²) in [5, 5.41) is 11.8. The summed E-state index contributed by atoms with van der Waals surface area (Å²) in [5.41, 5.74) is 0. The van der Waals surface area contributed by atoms with Crippen molar-refractivity contribution in [1.29, 1.82) is 0 Å². The van der Waals surface area contributed by atoms with Crippen LogP contribution in [0.2, 0.25) is 0 Å². The Bertz CT molecular complexity index is 337. The van der Waals surface area contributed by atoms with Crippen molar-refractivity contribution in [3.05, 3.63) is 12.3 Å². The van der Waals surface area contributed by atoms with Crippen molar-refractivity contribution in [3.8, 4) is 5.88 Å². The summed E-state index contributed by atoms with van der Waals surface area (Å²) < 4.78 is 5.49. The molecular formula is C12H21N3O2S. The molecule has 0 aromatic carbocycles. The summed E-state index contributed by atoms with van der Waals surface area (Å²) in [6, 6.07) is 1.75. The van der Waals surface area contributed by atoms with Gasteiger partial charge in [0.15, 0.2) is 0 Å². The van der Waals surface area contributed by atoms with Gasteiger partial charge in [0.2, 0.25) is 11.8 Å². The second-order valence-electron chi connectivity index (χ2n) is 4.00. The van der Waals surface area contributed by atoms with Crippen LogP contribution in [0.4, 0.5) is 5.95 Å². The number of rotatable bonds is 9. The van der Waals surface area contributed by atoms with Gasteiger partial charge in [-0.15, -0.1) is 0 Å². The molecule has 0 saturated carbocycles. The highest BCUT2D eigenvalue weighted by atomic mass is 32.2. The van der Waals surface area contributed by atoms with Crippen LogP contribution >= 0.6 is 11.8 Å². The van der Waals surface area contributed by atoms with Gasteiger partial charge >= 0.3 is 0 Å². The highest BCUT2D eigenvalue weighted by Gasteiger charge is 2.01. The van der Waals surface area contributed by atoms with Crippen LogP contribution in [-0.2, 0) is 0 Å². The molecule has 0 aliphatic heterocycles. The lowest BCUT2D eigenvalue weighted by Gasteiger charge is -2.09. The smallest absolute Gasteiger partial charge is 0.225 e. The van der Waals surface area contributed by atoms with Crippen LogP contribution in [0.3, 0.4) is 0 Å². The maximum Gasteiger partial charge on any atom is 0.225 e. The Labute approximate surface area is 112 Å². The maximum atomic E-state index is 8.64. The highest BCUT2D eigenvalue weighted by molar-refractivity contribution is 7.99. The minimum absolute atomic E-state index is 0.113. The molecule has 1 rings (SSSR count). The van der Waals surface area contributed by atoms with Crippen molar-refractivity contribution in [3.63, 3.8) is 0 Å². The number of aliphatic hydroxyl groups is 1. The predicted octanol–water partition coefficient (Wildman–Crippen LogP) is 1.79. The highest BCUT2D eigenvalue weighted by Crippen LogP contribution is 2.10. The van der Waals surface area contributed by atoms with E-state index in [1.807, 2.05) is 13.8 Å². The van der Waals surface area contributed by atoms with Crippen molar-refractivity contribution in [2.24, 2.45) is 0 Å². The second-order valence-corrected chi connectivity index (χ2v) is 5.23. The van der Waals surface area contributed by atoms with E-state index in [2.05, 4.69) is 15.3 Å². The number of nitrogens with zero attached hydrogens (tertiary/aromatic N) is 2. The first-order valence-corrected chi connectivity index (χ1v) is 7.30. The van der Waals surface area contributed by atoms with Crippen LogP contribution in [0.5, 0.6) is 5.88 Å². The lowest BCUT2D eigenvalue weighted by Crippen LogP contribution is -2.11. The molecule has 1 aromatic heterocycles. The van der Waals surface area contributed by atoms with Crippen LogP contribution in [0.15, 0.2) is 12.3 Å². The Morgan fingerprint density at radius 3 is 3.00 bits per heavy atom. The molecule has 6 heteroatoms. The lowest BCUT2D eigenvalue weighted by molar-refractivity contribution is 0.232. The zero-order valence-electron chi connectivity index (χ0n) is 10.9. The molecular weight excluding hydrogens is 250 g/mol. The normalized spacial score (nSPS) is 10.7. The summed E-state index contributed by atoms with van der Waals surface area (Å²) in [4.78, 5) is 8.38. The molecule has 0 atom stereocenters. The van der Waals surface area contributed by atoms with Crippen molar-refractivity contribution >= 4 is 17.7 Å². The number of anilines is 1. The zero-order valence-corrected chi connectivity index (χ0v) is 11.7. The molecule has 1 aromatic rings. The van der Waals surface area contributed by atoms with Gasteiger partial charge in [-0.3, -0.25) is 0 Å². The van der Waals surface area contributed by atoms with Crippen LogP contribution in [0.25, 0.3) is 0 Å². The molecule has 102 valence electrons. The Hall–Kier alpha value is -1.01. The fourth-order valence-corrected chi connectivity index (χ4v) is 2.02. The number of aromatic nitrogens is 2. The van der Waals surface area contributed by atoms with Gasteiger partial charge in [0.25, 0.3) is 0 Å². The molecule has 0 spiro atoms. The zero-order chi connectivity index (χ0) is 13.2. The van der Waals surface area contributed by atoms with E-state index in [-0.39, 0.29) is 12.7 Å². The number of hydrogen-bond acceptors (Lipinski definition) is 6. The minimum atomic E-state index is 0.113. The van der Waals surface area contributed by atoms with Gasteiger partial charge in [-0.05, 0) is 26.0 Å². The number of ether oxygens (including phenoxy) is 1. The summed E-state index contributed by atoms with van der Waals surface area (Å²) in [6.45, 7) is 5.00. The first-order chi connectivity index (χ1) is 8.72. The quantitative estimate of drug-likeness (QED) is 0.668. The van der Waals surface area contributed by atoms with E-state index < -0.39 is 0 Å². The first-order valence-electron chi connectivity index (χ1n) is 6.14. The third-order valence-electron chi connectivity index (χ3n) is 1.96. The van der Waals surface area contributed by atoms with Crippen molar-refractivity contribution in [2.75, 3.05) is 30.0 Å². The van der Waals surface area contributed by atoms with E-state index in [9.17, 15) is 0 Å². The van der Waals surface area contributed by atoms with E-state index in [0.29, 0.717) is 11.8 Å². The topological polar surface area (TPSA) is 67.3 Å². The van der Waals surface area contributed by atoms with E-state index in [0.717, 1.165) is 24.5 Å². The maximum absolute atomic E-state index is 8.64. The first kappa shape index (κ1) is 15.0. The van der Waals surface area contributed by atoms with Gasteiger partial charge in [0, 0.05) is 31.2 Å². The minimum Gasteiger partial charge on any atom is -0.475 e. The third kappa shape index (κ3) is 6.66. The molecule has 0 fully saturated rings. The predicted molar refractivity (Wildman–Crippen MR) is 75.3 cm³/mol. The van der Waals surface area contributed by atoms with Crippen molar-refractivity contribution in [1.82, 2.24) is 9.97 Å². The average molecular weight is 271 g/mol. The van der Waals surface area contributed by atoms with Crippen molar-refractivity contribution in [2.45, 2.75) is 26.4 Å². The van der Waals surface area contributed by atoms with Gasteiger partial charge in [-0.1, -0.05) is 0 Å². The van der Waals surface area contributed by atoms with Crippen LogP contribution in [0.1, 0.15) is 20.3 Å². The molecule has 0 aliphatic carbocycles. The van der Waals surface area contributed by atoms with E-state index in [1.165, 1.54) is 0 Å². The molecule has 1 heterocycles. The monoisotopic (exact) mass is 271 g/mol. The molecule has 0 radical (unpaired) electrons.